The molecule has 0 aromatic carbocycles. The van der Waals surface area contributed by atoms with Crippen LogP contribution in [0, 0.1) is 5.92 Å². The molecule has 0 aromatic heterocycles. The van der Waals surface area contributed by atoms with Crippen LogP contribution in [0.3, 0.4) is 0 Å². The van der Waals surface area contributed by atoms with Gasteiger partial charge in [0.25, 0.3) is 0 Å². The van der Waals surface area contributed by atoms with E-state index in [4.69, 9.17) is 10.5 Å². The average molecular weight is 255 g/mol. The molecule has 0 radical (unpaired) electrons. The summed E-state index contributed by atoms with van der Waals surface area (Å²) >= 11 is 0. The maximum absolute atomic E-state index is 11.5. The fraction of sp³-hybridized carbons (Fsp3) is 0.923. The number of carbonyl (C=O) groups excluding carboxylic acids is 1. The van der Waals surface area contributed by atoms with Crippen LogP contribution in [0.1, 0.15) is 19.8 Å². The maximum Gasteiger partial charge on any atom is 0.324 e. The van der Waals surface area contributed by atoms with Gasteiger partial charge in [-0.05, 0) is 25.7 Å². The van der Waals surface area contributed by atoms with E-state index in [1.165, 1.54) is 19.4 Å². The first kappa shape index (κ1) is 13.8. The van der Waals surface area contributed by atoms with Crippen molar-refractivity contribution in [3.8, 4) is 0 Å². The molecule has 2 fully saturated rings. The highest BCUT2D eigenvalue weighted by atomic mass is 16.5. The second kappa shape index (κ2) is 6.50. The number of nitrogens with zero attached hydrogens (tertiary/aromatic N) is 2. The summed E-state index contributed by atoms with van der Waals surface area (Å²) in [6, 6.07) is -0.500. The van der Waals surface area contributed by atoms with Gasteiger partial charge >= 0.3 is 5.97 Å². The Bertz CT molecular complexity index is 273. The van der Waals surface area contributed by atoms with E-state index in [0.717, 1.165) is 32.1 Å². The van der Waals surface area contributed by atoms with Crippen molar-refractivity contribution in [2.45, 2.75) is 25.8 Å². The van der Waals surface area contributed by atoms with E-state index in [1.807, 2.05) is 0 Å². The summed E-state index contributed by atoms with van der Waals surface area (Å²) in [6.07, 6.45) is 2.82. The summed E-state index contributed by atoms with van der Waals surface area (Å²) in [4.78, 5) is 16.3. The van der Waals surface area contributed by atoms with Crippen LogP contribution in [0.15, 0.2) is 0 Å². The predicted octanol–water partition coefficient (Wildman–Crippen LogP) is -0.0956. The summed E-state index contributed by atoms with van der Waals surface area (Å²) in [5.41, 5.74) is 5.83. The first-order valence-corrected chi connectivity index (χ1v) is 7.06. The minimum absolute atomic E-state index is 0.280. The molecule has 0 bridgehead atoms. The highest BCUT2D eigenvalue weighted by Crippen LogP contribution is 2.29. The zero-order valence-corrected chi connectivity index (χ0v) is 11.3. The molecule has 1 atom stereocenters. The molecule has 0 aromatic rings. The molecule has 1 aliphatic heterocycles. The van der Waals surface area contributed by atoms with Crippen molar-refractivity contribution < 1.29 is 9.53 Å². The van der Waals surface area contributed by atoms with E-state index < -0.39 is 6.04 Å². The van der Waals surface area contributed by atoms with Gasteiger partial charge in [0.1, 0.15) is 6.04 Å². The van der Waals surface area contributed by atoms with Gasteiger partial charge in [-0.3, -0.25) is 9.69 Å². The van der Waals surface area contributed by atoms with Crippen LogP contribution >= 0.6 is 0 Å². The lowest BCUT2D eigenvalue weighted by Crippen LogP contribution is -2.52. The number of nitrogens with two attached hydrogens (primary N) is 1. The highest BCUT2D eigenvalue weighted by Gasteiger charge is 2.27. The third kappa shape index (κ3) is 4.23. The van der Waals surface area contributed by atoms with Crippen molar-refractivity contribution in [3.63, 3.8) is 0 Å². The second-order valence-electron chi connectivity index (χ2n) is 5.40. The topological polar surface area (TPSA) is 58.8 Å². The molecular formula is C13H25N3O2. The SMILES string of the molecule is CCOC(=O)C(N)CN1CCN(CC2CC2)CC1. The molecule has 1 saturated heterocycles. The van der Waals surface area contributed by atoms with E-state index in [1.54, 1.807) is 6.92 Å². The number of esters is 1. The normalized spacial score (nSPS) is 23.9. The van der Waals surface area contributed by atoms with Gasteiger partial charge in [0, 0.05) is 39.3 Å². The Morgan fingerprint density at radius 2 is 1.89 bits per heavy atom. The molecule has 1 saturated carbocycles. The number of ether oxygens (including phenoxy) is 1. The van der Waals surface area contributed by atoms with Gasteiger partial charge in [-0.25, -0.2) is 0 Å². The molecule has 5 heteroatoms. The summed E-state index contributed by atoms with van der Waals surface area (Å²) in [5.74, 6) is 0.677. The molecule has 0 spiro atoms. The van der Waals surface area contributed by atoms with Crippen LogP contribution in [0.2, 0.25) is 0 Å². The van der Waals surface area contributed by atoms with Crippen molar-refractivity contribution in [3.05, 3.63) is 0 Å². The molecule has 2 rings (SSSR count). The van der Waals surface area contributed by atoms with Crippen LogP contribution in [-0.4, -0.2) is 67.7 Å². The molecule has 0 amide bonds. The molecular weight excluding hydrogens is 230 g/mol. The standard InChI is InChI=1S/C13H25N3O2/c1-2-18-13(17)12(14)10-16-7-5-15(6-8-16)9-11-3-4-11/h11-12H,2-10,14H2,1H3. The van der Waals surface area contributed by atoms with Crippen LogP contribution in [-0.2, 0) is 9.53 Å². The minimum atomic E-state index is -0.500. The fourth-order valence-corrected chi connectivity index (χ4v) is 2.42. The fourth-order valence-electron chi connectivity index (χ4n) is 2.42. The largest absolute Gasteiger partial charge is 0.465 e. The lowest BCUT2D eigenvalue weighted by Gasteiger charge is -2.35. The van der Waals surface area contributed by atoms with Gasteiger partial charge in [0.15, 0.2) is 0 Å². The van der Waals surface area contributed by atoms with Crippen molar-refractivity contribution in [1.29, 1.82) is 0 Å². The molecule has 2 aliphatic rings. The van der Waals surface area contributed by atoms with E-state index in [2.05, 4.69) is 9.80 Å². The Morgan fingerprint density at radius 1 is 1.28 bits per heavy atom. The Hall–Kier alpha value is -0.650. The lowest BCUT2D eigenvalue weighted by atomic mass is 10.2. The summed E-state index contributed by atoms with van der Waals surface area (Å²) in [5, 5.41) is 0. The first-order chi connectivity index (χ1) is 8.69. The molecule has 2 N–H and O–H groups in total. The van der Waals surface area contributed by atoms with Gasteiger partial charge in [0.2, 0.25) is 0 Å². The van der Waals surface area contributed by atoms with Crippen molar-refractivity contribution in [2.24, 2.45) is 11.7 Å². The van der Waals surface area contributed by atoms with Crippen LogP contribution in [0.5, 0.6) is 0 Å². The van der Waals surface area contributed by atoms with Gasteiger partial charge in [-0.2, -0.15) is 0 Å². The molecule has 1 heterocycles. The van der Waals surface area contributed by atoms with Gasteiger partial charge < -0.3 is 15.4 Å². The monoisotopic (exact) mass is 255 g/mol. The number of hydrogen-bond donors (Lipinski definition) is 1. The number of rotatable bonds is 6. The highest BCUT2D eigenvalue weighted by molar-refractivity contribution is 5.75. The van der Waals surface area contributed by atoms with Gasteiger partial charge in [0.05, 0.1) is 6.61 Å². The Kier molecular flexibility index (Phi) is 4.97. The van der Waals surface area contributed by atoms with E-state index in [-0.39, 0.29) is 5.97 Å². The second-order valence-corrected chi connectivity index (χ2v) is 5.40. The molecule has 104 valence electrons. The van der Waals surface area contributed by atoms with Crippen molar-refractivity contribution in [2.75, 3.05) is 45.9 Å². The Balaban J connectivity index is 1.64. The first-order valence-electron chi connectivity index (χ1n) is 7.06. The average Bonchev–Trinajstić information content (AvgIpc) is 3.16. The van der Waals surface area contributed by atoms with Crippen LogP contribution in [0.4, 0.5) is 0 Å². The van der Waals surface area contributed by atoms with Gasteiger partial charge in [-0.15, -0.1) is 0 Å². The third-order valence-corrected chi connectivity index (χ3v) is 3.72. The molecule has 18 heavy (non-hydrogen) atoms. The number of carbonyl (C=O) groups is 1. The lowest BCUT2D eigenvalue weighted by molar-refractivity contribution is -0.145. The van der Waals surface area contributed by atoms with Gasteiger partial charge in [-0.1, -0.05) is 0 Å². The predicted molar refractivity (Wildman–Crippen MR) is 70.2 cm³/mol. The van der Waals surface area contributed by atoms with Crippen LogP contribution in [0.25, 0.3) is 0 Å². The zero-order chi connectivity index (χ0) is 13.0. The molecule has 1 aliphatic carbocycles. The zero-order valence-electron chi connectivity index (χ0n) is 11.3. The van der Waals surface area contributed by atoms with E-state index in [9.17, 15) is 4.79 Å². The summed E-state index contributed by atoms with van der Waals surface area (Å²) in [6.45, 7) is 8.33. The third-order valence-electron chi connectivity index (χ3n) is 3.72. The smallest absolute Gasteiger partial charge is 0.324 e. The van der Waals surface area contributed by atoms with Crippen LogP contribution < -0.4 is 5.73 Å². The van der Waals surface area contributed by atoms with E-state index in [0.29, 0.717) is 13.2 Å². The Labute approximate surface area is 109 Å². The Morgan fingerprint density at radius 3 is 2.44 bits per heavy atom. The van der Waals surface area contributed by atoms with E-state index >= 15 is 0 Å². The minimum Gasteiger partial charge on any atom is -0.465 e. The number of piperazine rings is 1. The summed E-state index contributed by atoms with van der Waals surface area (Å²) in [7, 11) is 0. The molecule has 5 nitrogen and oxygen atoms in total. The molecule has 1 unspecified atom stereocenters. The summed E-state index contributed by atoms with van der Waals surface area (Å²) < 4.78 is 4.93. The van der Waals surface area contributed by atoms with Crippen molar-refractivity contribution >= 4 is 5.97 Å². The quantitative estimate of drug-likeness (QED) is 0.672. The van der Waals surface area contributed by atoms with Crippen molar-refractivity contribution in [1.82, 2.24) is 9.80 Å². The maximum atomic E-state index is 11.5. The number of hydrogen-bond acceptors (Lipinski definition) is 5.